The first-order valence-corrected chi connectivity index (χ1v) is 6.79. The van der Waals surface area contributed by atoms with Crippen LogP contribution in [0.25, 0.3) is 0 Å². The zero-order valence-corrected chi connectivity index (χ0v) is 9.17. The van der Waals surface area contributed by atoms with Crippen LogP contribution in [0.15, 0.2) is 0 Å². The van der Waals surface area contributed by atoms with Crippen LogP contribution in [0.5, 0.6) is 0 Å². The van der Waals surface area contributed by atoms with E-state index in [9.17, 15) is 0 Å². The van der Waals surface area contributed by atoms with Crippen molar-refractivity contribution < 1.29 is 0 Å². The molecule has 0 fully saturated rings. The number of alkyl halides is 1. The first-order chi connectivity index (χ1) is 4.35. The van der Waals surface area contributed by atoms with Crippen LogP contribution in [-0.4, -0.2) is 23.3 Å². The fraction of sp³-hybridized carbons (Fsp3) is 1.00. The smallest absolute Gasteiger partial charge is 0.0360 e. The summed E-state index contributed by atoms with van der Waals surface area (Å²) in [5.41, 5.74) is 0. The van der Waals surface area contributed by atoms with Crippen molar-refractivity contribution in [1.29, 1.82) is 0 Å². The van der Waals surface area contributed by atoms with Crippen molar-refractivity contribution in [3.63, 3.8) is 0 Å². The quantitative estimate of drug-likeness (QED) is 0.432. The summed E-state index contributed by atoms with van der Waals surface area (Å²) in [5.74, 6) is 0.732. The fourth-order valence-corrected chi connectivity index (χ4v) is 2.42. The van der Waals surface area contributed by atoms with Crippen molar-refractivity contribution in [2.75, 3.05) is 19.0 Å². The molecule has 0 heterocycles. The van der Waals surface area contributed by atoms with Gasteiger partial charge in [0.25, 0.3) is 0 Å². The van der Waals surface area contributed by atoms with Gasteiger partial charge in [-0.05, 0) is 15.5 Å². The van der Waals surface area contributed by atoms with E-state index >= 15 is 0 Å². The van der Waals surface area contributed by atoms with Gasteiger partial charge in [0.05, 0.1) is 0 Å². The van der Waals surface area contributed by atoms with Crippen molar-refractivity contribution >= 4 is 41.9 Å². The van der Waals surface area contributed by atoms with Crippen molar-refractivity contribution in [1.82, 2.24) is 4.31 Å². The molecule has 0 saturated heterocycles. The lowest BCUT2D eigenvalue weighted by atomic mass is 10.5. The summed E-state index contributed by atoms with van der Waals surface area (Å²) in [5, 5.41) is 0. The molecule has 0 unspecified atom stereocenters. The molecule has 0 aromatic carbocycles. The minimum atomic E-state index is 0.732. The second kappa shape index (κ2) is 7.44. The molecule has 56 valence electrons. The summed E-state index contributed by atoms with van der Waals surface area (Å²) in [7, 11) is 1.74. The molecule has 0 aromatic heterocycles. The number of hydrogen-bond donors (Lipinski definition) is 0. The zero-order chi connectivity index (χ0) is 7.11. The summed E-state index contributed by atoms with van der Waals surface area (Å²) in [6.45, 7) is 4.30. The lowest BCUT2D eigenvalue weighted by Crippen LogP contribution is -2.16. The highest BCUT2D eigenvalue weighted by atomic mass is 127. The van der Waals surface area contributed by atoms with Gasteiger partial charge in [-0.3, -0.25) is 0 Å². The lowest BCUT2D eigenvalue weighted by Gasteiger charge is -2.14. The molecule has 0 N–H and O–H groups in total. The Kier molecular flexibility index (Phi) is 8.54. The Labute approximate surface area is 78.2 Å². The third-order valence-corrected chi connectivity index (χ3v) is 3.31. The average molecular weight is 280 g/mol. The van der Waals surface area contributed by atoms with Crippen LogP contribution in [0, 0.1) is 0 Å². The van der Waals surface area contributed by atoms with Crippen LogP contribution < -0.4 is 0 Å². The summed E-state index contributed by atoms with van der Waals surface area (Å²) >= 11 is 7.83. The molecule has 9 heavy (non-hydrogen) atoms. The Hall–Kier alpha value is 1.33. The molecule has 0 radical (unpaired) electrons. The van der Waals surface area contributed by atoms with Crippen molar-refractivity contribution in [3.05, 3.63) is 0 Å². The Bertz CT molecular complexity index is 58.9. The third kappa shape index (κ3) is 5.76. The molecule has 0 rings (SSSR count). The Morgan fingerprint density at radius 1 is 1.56 bits per heavy atom. The van der Waals surface area contributed by atoms with Crippen LogP contribution in [0.2, 0.25) is 0 Å². The van der Waals surface area contributed by atoms with Crippen LogP contribution in [-0.2, 0) is 0 Å². The van der Waals surface area contributed by atoms with E-state index in [-0.39, 0.29) is 0 Å². The Morgan fingerprint density at radius 3 is 2.56 bits per heavy atom. The second-order valence-electron chi connectivity index (χ2n) is 1.69. The van der Waals surface area contributed by atoms with Crippen LogP contribution in [0.4, 0.5) is 0 Å². The first kappa shape index (κ1) is 10.3. The number of halogens is 2. The highest BCUT2D eigenvalue weighted by molar-refractivity contribution is 14.2. The zero-order valence-electron chi connectivity index (χ0n) is 5.44. The molecule has 0 aromatic rings. The fourth-order valence-electron chi connectivity index (χ4n) is 0.524. The van der Waals surface area contributed by atoms with E-state index in [2.05, 4.69) is 32.4 Å². The van der Waals surface area contributed by atoms with Gasteiger partial charge in [-0.1, -0.05) is 6.92 Å². The monoisotopic (exact) mass is 279 g/mol. The van der Waals surface area contributed by atoms with Gasteiger partial charge in [0.15, 0.2) is 0 Å². The van der Waals surface area contributed by atoms with Gasteiger partial charge in [-0.15, -0.1) is 11.6 Å². The van der Waals surface area contributed by atoms with Crippen LogP contribution in [0.1, 0.15) is 13.3 Å². The van der Waals surface area contributed by atoms with Crippen LogP contribution >= 0.6 is 41.9 Å². The third-order valence-electron chi connectivity index (χ3n) is 0.905. The maximum absolute atomic E-state index is 5.55. The van der Waals surface area contributed by atoms with E-state index in [1.165, 1.54) is 6.42 Å². The van der Waals surface area contributed by atoms with Gasteiger partial charge >= 0.3 is 0 Å². The molecule has 0 aliphatic heterocycles. The number of hydrogen-bond acceptors (Lipinski definition) is 2. The molecule has 4 heteroatoms. The molecule has 0 aliphatic carbocycles. The molecule has 0 spiro atoms. The van der Waals surface area contributed by atoms with Gasteiger partial charge in [-0.2, -0.15) is 0 Å². The SMILES string of the molecule is CCCN(CCCl)SI. The van der Waals surface area contributed by atoms with E-state index in [1.54, 1.807) is 9.12 Å². The van der Waals surface area contributed by atoms with E-state index < -0.39 is 0 Å². The van der Waals surface area contributed by atoms with Gasteiger partial charge < -0.3 is 0 Å². The predicted molar refractivity (Wildman–Crippen MR) is 54.2 cm³/mol. The maximum atomic E-state index is 5.55. The Morgan fingerprint density at radius 2 is 2.22 bits per heavy atom. The maximum Gasteiger partial charge on any atom is 0.0360 e. The number of nitrogens with zero attached hydrogens (tertiary/aromatic N) is 1. The second-order valence-corrected chi connectivity index (χ2v) is 3.90. The summed E-state index contributed by atoms with van der Waals surface area (Å²) in [6, 6.07) is 0. The summed E-state index contributed by atoms with van der Waals surface area (Å²) < 4.78 is 2.26. The minimum Gasteiger partial charge on any atom is -0.240 e. The van der Waals surface area contributed by atoms with Crippen molar-refractivity contribution in [3.8, 4) is 0 Å². The first-order valence-electron chi connectivity index (χ1n) is 2.94. The molecule has 1 nitrogen and oxygen atoms in total. The Balaban J connectivity index is 3.18. The van der Waals surface area contributed by atoms with E-state index in [1.807, 2.05) is 0 Å². The summed E-state index contributed by atoms with van der Waals surface area (Å²) in [6.07, 6.45) is 1.20. The molecule has 0 bridgehead atoms. The highest BCUT2D eigenvalue weighted by Gasteiger charge is 1.98. The van der Waals surface area contributed by atoms with Gasteiger partial charge in [0.1, 0.15) is 0 Å². The molecule has 0 saturated carbocycles. The topological polar surface area (TPSA) is 3.24 Å². The van der Waals surface area contributed by atoms with E-state index in [0.717, 1.165) is 19.0 Å². The van der Waals surface area contributed by atoms with Gasteiger partial charge in [0, 0.05) is 40.2 Å². The average Bonchev–Trinajstić information content (AvgIpc) is 1.88. The van der Waals surface area contributed by atoms with E-state index in [0.29, 0.717) is 0 Å². The molecular weight excluding hydrogens is 268 g/mol. The van der Waals surface area contributed by atoms with Gasteiger partial charge in [-0.25, -0.2) is 4.31 Å². The minimum absolute atomic E-state index is 0.732. The van der Waals surface area contributed by atoms with Crippen molar-refractivity contribution in [2.45, 2.75) is 13.3 Å². The molecular formula is C5H11ClINS. The molecule has 0 amide bonds. The summed E-state index contributed by atoms with van der Waals surface area (Å²) in [4.78, 5) is 0. The molecule has 0 atom stereocenters. The normalized spacial score (nSPS) is 10.7. The van der Waals surface area contributed by atoms with E-state index in [4.69, 9.17) is 11.6 Å². The molecule has 0 aliphatic rings. The van der Waals surface area contributed by atoms with Crippen molar-refractivity contribution in [2.24, 2.45) is 0 Å². The van der Waals surface area contributed by atoms with Gasteiger partial charge in [0.2, 0.25) is 0 Å². The lowest BCUT2D eigenvalue weighted by molar-refractivity contribution is 0.502. The van der Waals surface area contributed by atoms with Crippen LogP contribution in [0.3, 0.4) is 0 Å². The highest BCUT2D eigenvalue weighted by Crippen LogP contribution is 2.17. The predicted octanol–water partition coefficient (Wildman–Crippen LogP) is 2.94. The standard InChI is InChI=1S/C5H11ClINS/c1-2-4-8(9-7)5-3-6/h2-5H2,1H3. The largest absolute Gasteiger partial charge is 0.240 e. The number of rotatable bonds is 5.